The Morgan fingerprint density at radius 2 is 2.67 bits per heavy atom. The highest BCUT2D eigenvalue weighted by Crippen LogP contribution is 1.85. The van der Waals surface area contributed by atoms with E-state index in [1.807, 2.05) is 0 Å². The van der Waals surface area contributed by atoms with Gasteiger partial charge in [0.25, 0.3) is 0 Å². The van der Waals surface area contributed by atoms with Crippen LogP contribution in [-0.2, 0) is 0 Å². The predicted molar refractivity (Wildman–Crippen MR) is 28.7 cm³/mol. The molecule has 0 bridgehead atoms. The first-order valence-electron chi connectivity index (χ1n) is 2.92. The van der Waals surface area contributed by atoms with Crippen LogP contribution in [0.3, 0.4) is 0 Å². The molecule has 0 radical (unpaired) electrons. The summed E-state index contributed by atoms with van der Waals surface area (Å²) in [7, 11) is 0. The minimum Gasteiger partial charge on any atom is -0.251 e. The van der Waals surface area contributed by atoms with E-state index in [9.17, 15) is 4.39 Å². The zero-order valence-corrected chi connectivity index (χ0v) is 5.10. The highest BCUT2D eigenvalue weighted by molar-refractivity contribution is 4.42. The molecule has 9 heavy (non-hydrogen) atoms. The highest BCUT2D eigenvalue weighted by Gasteiger charge is 2.11. The van der Waals surface area contributed by atoms with E-state index in [2.05, 4.69) is 15.9 Å². The average molecular weight is 133 g/mol. The summed E-state index contributed by atoms with van der Waals surface area (Å²) in [5.41, 5.74) is 2.67. The first-order valence-corrected chi connectivity index (χ1v) is 2.92. The number of alkyl halides is 1. The molecule has 1 aliphatic heterocycles. The van der Waals surface area contributed by atoms with Gasteiger partial charge in [0, 0.05) is 6.54 Å². The monoisotopic (exact) mass is 133 g/mol. The quantitative estimate of drug-likeness (QED) is 0.495. The Labute approximate surface area is 52.7 Å². The summed E-state index contributed by atoms with van der Waals surface area (Å²) in [5, 5.41) is 8.12. The molecule has 0 unspecified atom stereocenters. The van der Waals surface area contributed by atoms with Gasteiger partial charge in [0.05, 0.1) is 11.9 Å². The van der Waals surface area contributed by atoms with E-state index < -0.39 is 0 Å². The third kappa shape index (κ3) is 1.93. The molecule has 0 saturated heterocycles. The molecule has 0 amide bonds. The van der Waals surface area contributed by atoms with Gasteiger partial charge in [-0.05, 0) is 6.42 Å². The standard InChI is InChI=1S/C4H9FN4/c5-2-1-3-9-4-6-7-8-9/h1-4H2,(H,6,8)/p+1. The molecule has 2 N–H and O–H groups in total. The molecule has 0 aromatic heterocycles. The molecule has 4 nitrogen and oxygen atoms in total. The maximum Gasteiger partial charge on any atom is 0.194 e. The molecule has 0 spiro atoms. The van der Waals surface area contributed by atoms with Gasteiger partial charge in [-0.15, -0.1) is 0 Å². The van der Waals surface area contributed by atoms with Crippen molar-refractivity contribution in [1.82, 2.24) is 10.5 Å². The van der Waals surface area contributed by atoms with Crippen molar-refractivity contribution in [3.8, 4) is 0 Å². The summed E-state index contributed by atoms with van der Waals surface area (Å²) in [4.78, 5) is 0. The number of rotatable bonds is 3. The summed E-state index contributed by atoms with van der Waals surface area (Å²) in [6, 6.07) is 0. The van der Waals surface area contributed by atoms with Gasteiger partial charge < -0.3 is 0 Å². The summed E-state index contributed by atoms with van der Waals surface area (Å²) in [5.74, 6) is 0. The van der Waals surface area contributed by atoms with Crippen LogP contribution < -0.4 is 10.6 Å². The molecule has 0 saturated carbocycles. The van der Waals surface area contributed by atoms with Crippen molar-refractivity contribution in [2.45, 2.75) is 6.42 Å². The molecule has 0 aliphatic carbocycles. The predicted octanol–water partition coefficient (Wildman–Crippen LogP) is -1.43. The van der Waals surface area contributed by atoms with Crippen molar-refractivity contribution in [3.63, 3.8) is 0 Å². The number of halogens is 1. The van der Waals surface area contributed by atoms with Crippen molar-refractivity contribution < 1.29 is 9.50 Å². The lowest BCUT2D eigenvalue weighted by Gasteiger charge is -2.02. The Hall–Kier alpha value is -0.710. The van der Waals surface area contributed by atoms with Crippen molar-refractivity contribution in [3.05, 3.63) is 0 Å². The summed E-state index contributed by atoms with van der Waals surface area (Å²) in [6.45, 7) is 1.10. The van der Waals surface area contributed by atoms with Crippen molar-refractivity contribution in [1.29, 1.82) is 0 Å². The number of hydrogen-bond donors (Lipinski definition) is 2. The van der Waals surface area contributed by atoms with Crippen molar-refractivity contribution >= 4 is 0 Å². The van der Waals surface area contributed by atoms with Gasteiger partial charge >= 0.3 is 0 Å². The summed E-state index contributed by atoms with van der Waals surface area (Å²) >= 11 is 0. The minimum atomic E-state index is -0.266. The maximum absolute atomic E-state index is 11.5. The van der Waals surface area contributed by atoms with Gasteiger partial charge in [0.15, 0.2) is 6.67 Å². The topological polar surface area (TPSA) is 41.6 Å². The fraction of sp³-hybridized carbons (Fsp3) is 1.00. The van der Waals surface area contributed by atoms with Gasteiger partial charge in [0.2, 0.25) is 0 Å². The maximum atomic E-state index is 11.5. The molecule has 0 aromatic carbocycles. The third-order valence-electron chi connectivity index (χ3n) is 1.09. The molecular weight excluding hydrogens is 123 g/mol. The lowest BCUT2D eigenvalue weighted by molar-refractivity contribution is -0.529. The second kappa shape index (κ2) is 3.34. The van der Waals surface area contributed by atoms with Gasteiger partial charge in [-0.3, -0.25) is 4.39 Å². The van der Waals surface area contributed by atoms with Crippen LogP contribution in [0.4, 0.5) is 4.39 Å². The van der Waals surface area contributed by atoms with E-state index in [1.165, 1.54) is 0 Å². The van der Waals surface area contributed by atoms with Crippen LogP contribution in [0.15, 0.2) is 5.22 Å². The highest BCUT2D eigenvalue weighted by atomic mass is 19.1. The summed E-state index contributed by atoms with van der Waals surface area (Å²) < 4.78 is 11.5. The Bertz CT molecular complexity index is 96.7. The normalized spacial score (nSPS) is 18.3. The Balaban J connectivity index is 2.01. The molecule has 52 valence electrons. The Morgan fingerprint density at radius 3 is 3.22 bits per heavy atom. The molecule has 0 atom stereocenters. The van der Waals surface area contributed by atoms with Gasteiger partial charge in [-0.25, -0.2) is 0 Å². The van der Waals surface area contributed by atoms with Crippen LogP contribution in [0.25, 0.3) is 0 Å². The van der Waals surface area contributed by atoms with Gasteiger partial charge in [0.1, 0.15) is 0 Å². The van der Waals surface area contributed by atoms with E-state index >= 15 is 0 Å². The van der Waals surface area contributed by atoms with Crippen LogP contribution in [0.1, 0.15) is 6.42 Å². The van der Waals surface area contributed by atoms with Gasteiger partial charge in [-0.2, -0.15) is 5.11 Å². The Morgan fingerprint density at radius 1 is 1.78 bits per heavy atom. The molecule has 0 fully saturated rings. The molecule has 1 heterocycles. The fourth-order valence-corrected chi connectivity index (χ4v) is 0.642. The van der Waals surface area contributed by atoms with E-state index in [0.717, 1.165) is 0 Å². The lowest BCUT2D eigenvalue weighted by Crippen LogP contribution is -2.65. The second-order valence-electron chi connectivity index (χ2n) is 1.83. The zero-order chi connectivity index (χ0) is 6.53. The molecule has 1 rings (SSSR count). The smallest absolute Gasteiger partial charge is 0.194 e. The van der Waals surface area contributed by atoms with E-state index in [4.69, 9.17) is 0 Å². The first-order chi connectivity index (χ1) is 4.43. The SMILES string of the molecule is FCCCN1C[NH+]=NN1. The van der Waals surface area contributed by atoms with Crippen molar-refractivity contribution in [2.75, 3.05) is 19.9 Å². The van der Waals surface area contributed by atoms with Crippen LogP contribution in [-0.4, -0.2) is 24.9 Å². The first kappa shape index (κ1) is 6.41. The second-order valence-corrected chi connectivity index (χ2v) is 1.83. The van der Waals surface area contributed by atoms with Gasteiger partial charge in [-0.1, -0.05) is 10.5 Å². The fourth-order valence-electron chi connectivity index (χ4n) is 0.642. The minimum absolute atomic E-state index is 0.266. The van der Waals surface area contributed by atoms with Crippen LogP contribution in [0.5, 0.6) is 0 Å². The van der Waals surface area contributed by atoms with E-state index in [0.29, 0.717) is 19.6 Å². The van der Waals surface area contributed by atoms with Crippen molar-refractivity contribution in [2.24, 2.45) is 5.22 Å². The largest absolute Gasteiger partial charge is 0.251 e. The summed E-state index contributed by atoms with van der Waals surface area (Å²) in [6.07, 6.45) is 0.560. The zero-order valence-electron chi connectivity index (χ0n) is 5.10. The van der Waals surface area contributed by atoms with E-state index in [-0.39, 0.29) is 6.67 Å². The molecule has 0 aromatic rings. The lowest BCUT2D eigenvalue weighted by atomic mass is 10.5. The average Bonchev–Trinajstić information content (AvgIpc) is 2.34. The Kier molecular flexibility index (Phi) is 2.38. The molecular formula is C4H10FN4+. The van der Waals surface area contributed by atoms with Crippen LogP contribution in [0.2, 0.25) is 0 Å². The van der Waals surface area contributed by atoms with Crippen LogP contribution in [0, 0.1) is 0 Å². The van der Waals surface area contributed by atoms with E-state index in [1.54, 1.807) is 5.01 Å². The third-order valence-corrected chi connectivity index (χ3v) is 1.09. The number of nitrogens with one attached hydrogen (secondary N) is 2. The molecule has 5 heteroatoms. The number of nitrogens with zero attached hydrogens (tertiary/aromatic N) is 2. The molecule has 1 aliphatic rings. The van der Waals surface area contributed by atoms with Crippen LogP contribution >= 0.6 is 0 Å². The number of hydrazine groups is 1. The number of hydrogen-bond acceptors (Lipinski definition) is 3.